The third-order valence-electron chi connectivity index (χ3n) is 1.00. The van der Waals surface area contributed by atoms with Crippen LogP contribution in [0.2, 0.25) is 0 Å². The minimum absolute atomic E-state index is 0. The quantitative estimate of drug-likeness (QED) is 0.442. The van der Waals surface area contributed by atoms with Gasteiger partial charge < -0.3 is 15.0 Å². The Balaban J connectivity index is 0. The molecular weight excluding hydrogens is 159 g/mol. The smallest absolute Gasteiger partial charge is 0.550 e. The van der Waals surface area contributed by atoms with Gasteiger partial charge in [0.15, 0.2) is 0 Å². The summed E-state index contributed by atoms with van der Waals surface area (Å²) in [6.45, 7) is 1.63. The Morgan fingerprint density at radius 3 is 2.50 bits per heavy atom. The van der Waals surface area contributed by atoms with E-state index in [9.17, 15) is 9.90 Å². The second-order valence-electron chi connectivity index (χ2n) is 2.11. The normalized spacial score (nSPS) is 11.8. The monoisotopic (exact) mass is 170 g/mol. The molecule has 10 heavy (non-hydrogen) atoms. The van der Waals surface area contributed by atoms with Gasteiger partial charge in [-0.15, -0.1) is 0 Å². The van der Waals surface area contributed by atoms with Crippen molar-refractivity contribution in [2.45, 2.75) is 32.3 Å². The second kappa shape index (κ2) is 8.17. The summed E-state index contributed by atoms with van der Waals surface area (Å²) in [6, 6.07) is 0. The predicted octanol–water partition coefficient (Wildman–Crippen LogP) is -3.71. The maximum atomic E-state index is 9.79. The summed E-state index contributed by atoms with van der Waals surface area (Å²) in [6.07, 6.45) is 0.683. The fourth-order valence-electron chi connectivity index (χ4n) is 0.542. The Morgan fingerprint density at radius 1 is 1.70 bits per heavy atom. The van der Waals surface area contributed by atoms with Crippen LogP contribution in [0.5, 0.6) is 0 Å². The van der Waals surface area contributed by atoms with Gasteiger partial charge in [-0.25, -0.2) is 0 Å². The molecule has 1 N–H and O–H groups in total. The maximum absolute atomic E-state index is 9.79. The number of aliphatic hydroxyl groups excluding tert-OH is 1. The number of carbonyl (C=O) groups excluding carboxylic acids is 1. The zero-order valence-corrected chi connectivity index (χ0v) is 9.59. The molecule has 1 atom stereocenters. The molecule has 0 fully saturated rings. The molecule has 0 saturated heterocycles. The molecule has 0 aliphatic heterocycles. The van der Waals surface area contributed by atoms with Crippen LogP contribution in [0.3, 0.4) is 0 Å². The topological polar surface area (TPSA) is 60.4 Å². The van der Waals surface area contributed by atoms with E-state index in [2.05, 4.69) is 0 Å². The van der Waals surface area contributed by atoms with Gasteiger partial charge in [0, 0.05) is 5.97 Å². The van der Waals surface area contributed by atoms with E-state index in [1.165, 1.54) is 0 Å². The second-order valence-corrected chi connectivity index (χ2v) is 2.11. The van der Waals surface area contributed by atoms with Crippen LogP contribution in [-0.4, -0.2) is 17.2 Å². The van der Waals surface area contributed by atoms with E-state index >= 15 is 0 Å². The van der Waals surface area contributed by atoms with Crippen molar-refractivity contribution < 1.29 is 66.4 Å². The number of aliphatic carboxylic acids is 1. The Hall–Kier alpha value is 1.07. The SMILES string of the molecule is C[C@H](O)CCCC(=O)[O-].[K+]. The Labute approximate surface area is 103 Å². The van der Waals surface area contributed by atoms with Gasteiger partial charge in [0.1, 0.15) is 0 Å². The van der Waals surface area contributed by atoms with Crippen LogP contribution in [0.15, 0.2) is 0 Å². The number of carboxylic acids is 1. The minimum atomic E-state index is -1.05. The van der Waals surface area contributed by atoms with Gasteiger partial charge in [-0.3, -0.25) is 0 Å². The van der Waals surface area contributed by atoms with Crippen LogP contribution in [0.25, 0.3) is 0 Å². The molecule has 0 radical (unpaired) electrons. The molecule has 0 rings (SSSR count). The van der Waals surface area contributed by atoms with E-state index in [0.717, 1.165) is 0 Å². The van der Waals surface area contributed by atoms with E-state index in [1.54, 1.807) is 6.92 Å². The molecular formula is C6H11KO3. The number of aliphatic hydroxyl groups is 1. The number of hydrogen-bond acceptors (Lipinski definition) is 3. The first-order chi connectivity index (χ1) is 4.13. The standard InChI is InChI=1S/C6H12O3.K/c1-5(7)3-2-4-6(8)9;/h5,7H,2-4H2,1H3,(H,8,9);/q;+1/p-1/t5-;/m0./s1. The molecule has 0 bridgehead atoms. The van der Waals surface area contributed by atoms with E-state index in [0.29, 0.717) is 12.8 Å². The zero-order valence-electron chi connectivity index (χ0n) is 6.46. The van der Waals surface area contributed by atoms with Crippen molar-refractivity contribution in [2.24, 2.45) is 0 Å². The molecule has 0 aromatic rings. The summed E-state index contributed by atoms with van der Waals surface area (Å²) < 4.78 is 0. The van der Waals surface area contributed by atoms with Gasteiger partial charge in [-0.2, -0.15) is 0 Å². The predicted molar refractivity (Wildman–Crippen MR) is 30.5 cm³/mol. The van der Waals surface area contributed by atoms with Crippen molar-refractivity contribution in [1.29, 1.82) is 0 Å². The first-order valence-electron chi connectivity index (χ1n) is 3.01. The van der Waals surface area contributed by atoms with E-state index in [-0.39, 0.29) is 57.8 Å². The van der Waals surface area contributed by atoms with Gasteiger partial charge in [0.25, 0.3) is 0 Å². The van der Waals surface area contributed by atoms with E-state index in [4.69, 9.17) is 5.11 Å². The molecule has 0 saturated carbocycles. The summed E-state index contributed by atoms with van der Waals surface area (Å²) in [5.74, 6) is -1.05. The average molecular weight is 170 g/mol. The van der Waals surface area contributed by atoms with Gasteiger partial charge in [0.05, 0.1) is 6.10 Å². The van der Waals surface area contributed by atoms with Crippen LogP contribution < -0.4 is 56.5 Å². The fourth-order valence-corrected chi connectivity index (χ4v) is 0.542. The number of rotatable bonds is 4. The van der Waals surface area contributed by atoms with Gasteiger partial charge in [-0.05, 0) is 26.2 Å². The Kier molecular flexibility index (Phi) is 11.1. The van der Waals surface area contributed by atoms with E-state index in [1.807, 2.05) is 0 Å². The molecule has 0 aromatic carbocycles. The molecule has 3 nitrogen and oxygen atoms in total. The molecule has 0 heterocycles. The Bertz CT molecular complexity index is 93.0. The molecule has 0 aromatic heterocycles. The molecule has 0 aliphatic carbocycles. The van der Waals surface area contributed by atoms with Crippen molar-refractivity contribution in [3.8, 4) is 0 Å². The molecule has 0 unspecified atom stereocenters. The van der Waals surface area contributed by atoms with Crippen LogP contribution in [0.1, 0.15) is 26.2 Å². The summed E-state index contributed by atoms with van der Waals surface area (Å²) in [7, 11) is 0. The van der Waals surface area contributed by atoms with Crippen molar-refractivity contribution >= 4 is 5.97 Å². The van der Waals surface area contributed by atoms with Crippen molar-refractivity contribution in [1.82, 2.24) is 0 Å². The van der Waals surface area contributed by atoms with Crippen LogP contribution in [0.4, 0.5) is 0 Å². The third kappa shape index (κ3) is 11.8. The summed E-state index contributed by atoms with van der Waals surface area (Å²) in [5, 5.41) is 18.4. The van der Waals surface area contributed by atoms with Gasteiger partial charge in [0.2, 0.25) is 0 Å². The number of carboxylic acid groups (broad SMARTS) is 1. The molecule has 0 spiro atoms. The first kappa shape index (κ1) is 13.6. The summed E-state index contributed by atoms with van der Waals surface area (Å²) in [4.78, 5) is 9.79. The molecule has 54 valence electrons. The van der Waals surface area contributed by atoms with Crippen molar-refractivity contribution in [3.05, 3.63) is 0 Å². The molecule has 4 heteroatoms. The minimum Gasteiger partial charge on any atom is -0.550 e. The van der Waals surface area contributed by atoms with E-state index < -0.39 is 12.1 Å². The number of hydrogen-bond donors (Lipinski definition) is 1. The first-order valence-corrected chi connectivity index (χ1v) is 3.01. The van der Waals surface area contributed by atoms with Crippen LogP contribution in [0, 0.1) is 0 Å². The van der Waals surface area contributed by atoms with Crippen molar-refractivity contribution in [2.75, 3.05) is 0 Å². The Morgan fingerprint density at radius 2 is 2.20 bits per heavy atom. The molecule has 0 amide bonds. The van der Waals surface area contributed by atoms with Crippen molar-refractivity contribution in [3.63, 3.8) is 0 Å². The average Bonchev–Trinajstić information content (AvgIpc) is 1.63. The van der Waals surface area contributed by atoms with Crippen LogP contribution >= 0.6 is 0 Å². The number of carbonyl (C=O) groups is 1. The van der Waals surface area contributed by atoms with Gasteiger partial charge >= 0.3 is 51.4 Å². The summed E-state index contributed by atoms with van der Waals surface area (Å²) >= 11 is 0. The zero-order chi connectivity index (χ0) is 7.28. The third-order valence-corrected chi connectivity index (χ3v) is 1.00. The maximum Gasteiger partial charge on any atom is 1.00 e. The van der Waals surface area contributed by atoms with Crippen LogP contribution in [-0.2, 0) is 4.79 Å². The summed E-state index contributed by atoms with van der Waals surface area (Å²) in [5.41, 5.74) is 0. The fraction of sp³-hybridized carbons (Fsp3) is 0.833. The molecule has 0 aliphatic rings. The largest absolute Gasteiger partial charge is 1.00 e. The van der Waals surface area contributed by atoms with Gasteiger partial charge in [-0.1, -0.05) is 0 Å².